The van der Waals surface area contributed by atoms with Gasteiger partial charge in [0.15, 0.2) is 0 Å². The second kappa shape index (κ2) is 11.1. The molecule has 0 aromatic heterocycles. The van der Waals surface area contributed by atoms with Crippen molar-refractivity contribution in [3.05, 3.63) is 35.4 Å². The van der Waals surface area contributed by atoms with Gasteiger partial charge < -0.3 is 10.6 Å². The summed E-state index contributed by atoms with van der Waals surface area (Å²) in [6.45, 7) is 7.33. The number of benzene rings is 1. The number of halogens is 1. The zero-order valence-electron chi connectivity index (χ0n) is 15.0. The monoisotopic (exact) mass is 368 g/mol. The Morgan fingerprint density at radius 3 is 2.60 bits per heavy atom. The molecular weight excluding hydrogens is 340 g/mol. The van der Waals surface area contributed by atoms with Crippen LogP contribution in [0.15, 0.2) is 24.3 Å². The third-order valence-electron chi connectivity index (χ3n) is 4.26. The van der Waals surface area contributed by atoms with Crippen molar-refractivity contribution >= 4 is 24.3 Å². The van der Waals surface area contributed by atoms with Crippen LogP contribution in [-0.4, -0.2) is 49.6 Å². The van der Waals surface area contributed by atoms with Gasteiger partial charge in [-0.25, -0.2) is 4.79 Å². The fourth-order valence-electron chi connectivity index (χ4n) is 2.87. The SMILES string of the molecule is CCCNC(=O)NC(=O)CN1CCNCC1c1ccc(CC)cc1.Cl. The number of piperazine rings is 1. The van der Waals surface area contributed by atoms with Gasteiger partial charge in [-0.1, -0.05) is 38.1 Å². The number of carbonyl (C=O) groups is 2. The van der Waals surface area contributed by atoms with E-state index in [2.05, 4.69) is 52.0 Å². The number of hydrogen-bond donors (Lipinski definition) is 3. The molecule has 3 amide bonds. The summed E-state index contributed by atoms with van der Waals surface area (Å²) >= 11 is 0. The van der Waals surface area contributed by atoms with Crippen LogP contribution in [0.5, 0.6) is 0 Å². The number of nitrogens with zero attached hydrogens (tertiary/aromatic N) is 1. The topological polar surface area (TPSA) is 73.5 Å². The smallest absolute Gasteiger partial charge is 0.321 e. The van der Waals surface area contributed by atoms with Crippen molar-refractivity contribution in [1.82, 2.24) is 20.9 Å². The Morgan fingerprint density at radius 1 is 1.24 bits per heavy atom. The van der Waals surface area contributed by atoms with Crippen LogP contribution in [0.4, 0.5) is 4.79 Å². The number of carbonyl (C=O) groups excluding carboxylic acids is 2. The quantitative estimate of drug-likeness (QED) is 0.716. The zero-order chi connectivity index (χ0) is 17.4. The highest BCUT2D eigenvalue weighted by Gasteiger charge is 2.25. The molecule has 7 heteroatoms. The molecular formula is C18H29ClN4O2. The van der Waals surface area contributed by atoms with Crippen LogP contribution in [-0.2, 0) is 11.2 Å². The molecule has 1 unspecified atom stereocenters. The van der Waals surface area contributed by atoms with Crippen molar-refractivity contribution in [1.29, 1.82) is 0 Å². The number of aryl methyl sites for hydroxylation is 1. The molecule has 2 rings (SSSR count). The normalized spacial score (nSPS) is 17.4. The number of nitrogens with one attached hydrogen (secondary N) is 3. The van der Waals surface area contributed by atoms with E-state index in [0.717, 1.165) is 32.5 Å². The van der Waals surface area contributed by atoms with Crippen LogP contribution < -0.4 is 16.0 Å². The molecule has 25 heavy (non-hydrogen) atoms. The van der Waals surface area contributed by atoms with E-state index in [4.69, 9.17) is 0 Å². The Balaban J connectivity index is 0.00000312. The summed E-state index contributed by atoms with van der Waals surface area (Å²) < 4.78 is 0. The lowest BCUT2D eigenvalue weighted by molar-refractivity contribution is -0.122. The molecule has 0 spiro atoms. The van der Waals surface area contributed by atoms with E-state index < -0.39 is 6.03 Å². The Labute approximate surface area is 156 Å². The summed E-state index contributed by atoms with van der Waals surface area (Å²) in [7, 11) is 0. The van der Waals surface area contributed by atoms with Gasteiger partial charge in [-0.15, -0.1) is 12.4 Å². The number of urea groups is 1. The summed E-state index contributed by atoms with van der Waals surface area (Å²) in [5, 5.41) is 8.44. The summed E-state index contributed by atoms with van der Waals surface area (Å²) in [5.41, 5.74) is 2.50. The molecule has 3 N–H and O–H groups in total. The highest BCUT2D eigenvalue weighted by Crippen LogP contribution is 2.22. The molecule has 1 atom stereocenters. The minimum Gasteiger partial charge on any atom is -0.338 e. The first kappa shape index (κ1) is 21.4. The van der Waals surface area contributed by atoms with Crippen molar-refractivity contribution in [2.45, 2.75) is 32.7 Å². The average Bonchev–Trinajstić information content (AvgIpc) is 2.60. The van der Waals surface area contributed by atoms with E-state index in [1.54, 1.807) is 0 Å². The maximum Gasteiger partial charge on any atom is 0.321 e. The van der Waals surface area contributed by atoms with Gasteiger partial charge in [0.25, 0.3) is 0 Å². The van der Waals surface area contributed by atoms with Crippen LogP contribution in [0.2, 0.25) is 0 Å². The Hall–Kier alpha value is -1.63. The van der Waals surface area contributed by atoms with Crippen molar-refractivity contribution in [2.75, 3.05) is 32.7 Å². The fraction of sp³-hybridized carbons (Fsp3) is 0.556. The van der Waals surface area contributed by atoms with Crippen LogP contribution >= 0.6 is 12.4 Å². The van der Waals surface area contributed by atoms with E-state index in [1.807, 2.05) is 6.92 Å². The lowest BCUT2D eigenvalue weighted by Crippen LogP contribution is -2.51. The molecule has 0 radical (unpaired) electrons. The number of imide groups is 1. The van der Waals surface area contributed by atoms with Gasteiger partial charge in [0.05, 0.1) is 6.54 Å². The minimum absolute atomic E-state index is 0. The Bertz CT molecular complexity index is 551. The molecule has 1 heterocycles. The van der Waals surface area contributed by atoms with E-state index in [9.17, 15) is 9.59 Å². The predicted molar refractivity (Wildman–Crippen MR) is 102 cm³/mol. The summed E-state index contributed by atoms with van der Waals surface area (Å²) in [5.74, 6) is -0.263. The van der Waals surface area contributed by atoms with E-state index in [1.165, 1.54) is 11.1 Å². The first-order valence-electron chi connectivity index (χ1n) is 8.75. The highest BCUT2D eigenvalue weighted by molar-refractivity contribution is 5.95. The molecule has 1 fully saturated rings. The van der Waals surface area contributed by atoms with E-state index in [0.29, 0.717) is 6.54 Å². The molecule has 1 saturated heterocycles. The molecule has 0 saturated carbocycles. The van der Waals surface area contributed by atoms with Crippen LogP contribution in [0.1, 0.15) is 37.4 Å². The van der Waals surface area contributed by atoms with Gasteiger partial charge in [0.2, 0.25) is 5.91 Å². The highest BCUT2D eigenvalue weighted by atomic mass is 35.5. The average molecular weight is 369 g/mol. The van der Waals surface area contributed by atoms with Gasteiger partial charge in [0, 0.05) is 32.2 Å². The minimum atomic E-state index is -0.416. The largest absolute Gasteiger partial charge is 0.338 e. The number of rotatable bonds is 6. The van der Waals surface area contributed by atoms with Gasteiger partial charge in [-0.3, -0.25) is 15.0 Å². The van der Waals surface area contributed by atoms with Gasteiger partial charge in [-0.05, 0) is 24.0 Å². The molecule has 140 valence electrons. The maximum atomic E-state index is 12.1. The predicted octanol–water partition coefficient (Wildman–Crippen LogP) is 1.85. The second-order valence-corrected chi connectivity index (χ2v) is 6.09. The summed E-state index contributed by atoms with van der Waals surface area (Å²) in [6.07, 6.45) is 1.86. The Kier molecular flexibility index (Phi) is 9.49. The third-order valence-corrected chi connectivity index (χ3v) is 4.26. The van der Waals surface area contributed by atoms with Crippen molar-refractivity contribution in [3.63, 3.8) is 0 Å². The van der Waals surface area contributed by atoms with Gasteiger partial charge in [-0.2, -0.15) is 0 Å². The lowest BCUT2D eigenvalue weighted by atomic mass is 10.0. The lowest BCUT2D eigenvalue weighted by Gasteiger charge is -2.36. The molecule has 1 aliphatic heterocycles. The number of amides is 3. The van der Waals surface area contributed by atoms with Crippen LogP contribution in [0.3, 0.4) is 0 Å². The van der Waals surface area contributed by atoms with Crippen molar-refractivity contribution in [2.24, 2.45) is 0 Å². The molecule has 1 aromatic rings. The Morgan fingerprint density at radius 2 is 1.96 bits per heavy atom. The zero-order valence-corrected chi connectivity index (χ0v) is 15.8. The molecule has 1 aromatic carbocycles. The fourth-order valence-corrected chi connectivity index (χ4v) is 2.87. The molecule has 0 aliphatic carbocycles. The first-order chi connectivity index (χ1) is 11.6. The molecule has 1 aliphatic rings. The van der Waals surface area contributed by atoms with Gasteiger partial charge in [0.1, 0.15) is 0 Å². The first-order valence-corrected chi connectivity index (χ1v) is 8.75. The van der Waals surface area contributed by atoms with Gasteiger partial charge >= 0.3 is 6.03 Å². The standard InChI is InChI=1S/C18H28N4O2.ClH/c1-3-9-20-18(24)21-17(23)13-22-11-10-19-12-16(22)15-7-5-14(4-2)6-8-15;/h5-8,16,19H,3-4,9-13H2,1-2H3,(H2,20,21,23,24);1H. The van der Waals surface area contributed by atoms with Crippen molar-refractivity contribution < 1.29 is 9.59 Å². The second-order valence-electron chi connectivity index (χ2n) is 6.09. The third kappa shape index (κ3) is 6.65. The summed E-state index contributed by atoms with van der Waals surface area (Å²) in [6, 6.07) is 8.28. The number of hydrogen-bond acceptors (Lipinski definition) is 4. The molecule has 0 bridgehead atoms. The van der Waals surface area contributed by atoms with Crippen molar-refractivity contribution in [3.8, 4) is 0 Å². The maximum absolute atomic E-state index is 12.1. The summed E-state index contributed by atoms with van der Waals surface area (Å²) in [4.78, 5) is 25.9. The van der Waals surface area contributed by atoms with Crippen LogP contribution in [0.25, 0.3) is 0 Å². The molecule has 6 nitrogen and oxygen atoms in total. The van der Waals surface area contributed by atoms with Crippen LogP contribution in [0, 0.1) is 0 Å². The van der Waals surface area contributed by atoms with E-state index in [-0.39, 0.29) is 30.9 Å². The van der Waals surface area contributed by atoms with E-state index >= 15 is 0 Å².